The van der Waals surface area contributed by atoms with Crippen LogP contribution in [0.1, 0.15) is 22.8 Å². The molecule has 0 radical (unpaired) electrons. The molecule has 2 atom stereocenters. The number of nitriles is 1. The minimum absolute atomic E-state index is 0.494. The summed E-state index contributed by atoms with van der Waals surface area (Å²) in [6.07, 6.45) is 0.636. The first-order valence-electron chi connectivity index (χ1n) is 7.05. The predicted octanol–water partition coefficient (Wildman–Crippen LogP) is 2.73. The molecule has 0 amide bonds. The Labute approximate surface area is 133 Å². The van der Waals surface area contributed by atoms with Gasteiger partial charge in [-0.3, -0.25) is 0 Å². The van der Waals surface area contributed by atoms with Gasteiger partial charge in [0.1, 0.15) is 0 Å². The Morgan fingerprint density at radius 1 is 1.22 bits per heavy atom. The van der Waals surface area contributed by atoms with E-state index in [0.717, 1.165) is 5.56 Å². The van der Waals surface area contributed by atoms with E-state index in [2.05, 4.69) is 11.1 Å². The molecule has 0 unspecified atom stereocenters. The van der Waals surface area contributed by atoms with E-state index >= 15 is 0 Å². The van der Waals surface area contributed by atoms with Crippen LogP contribution in [-0.4, -0.2) is 19.5 Å². The third kappa shape index (κ3) is 2.34. The molecule has 0 fully saturated rings. The van der Waals surface area contributed by atoms with Crippen LogP contribution >= 0.6 is 0 Å². The second kappa shape index (κ2) is 5.93. The van der Waals surface area contributed by atoms with E-state index < -0.39 is 17.6 Å². The van der Waals surface area contributed by atoms with Crippen LogP contribution in [0.4, 0.5) is 0 Å². The summed E-state index contributed by atoms with van der Waals surface area (Å²) < 4.78 is 10.6. The summed E-state index contributed by atoms with van der Waals surface area (Å²) in [5.74, 6) is -0.494. The van der Waals surface area contributed by atoms with Crippen LogP contribution in [0.25, 0.3) is 0 Å². The van der Waals surface area contributed by atoms with Crippen molar-refractivity contribution in [2.45, 2.75) is 11.6 Å². The average molecular weight is 306 g/mol. The lowest BCUT2D eigenvalue weighted by Crippen LogP contribution is -2.39. The second-order valence-corrected chi connectivity index (χ2v) is 5.11. The molecule has 114 valence electrons. The Hall–Kier alpha value is -3.13. The van der Waals surface area contributed by atoms with Crippen LogP contribution in [0.3, 0.4) is 0 Å². The van der Waals surface area contributed by atoms with Crippen LogP contribution in [0, 0.1) is 11.3 Å². The smallest absolute Gasteiger partial charge is 0.342 e. The molecule has 5 nitrogen and oxygen atoms in total. The topological polar surface area (TPSA) is 71.7 Å². The maximum atomic E-state index is 12.6. The highest BCUT2D eigenvalue weighted by atomic mass is 16.5. The molecule has 0 saturated carbocycles. The van der Waals surface area contributed by atoms with Crippen LogP contribution in [0.2, 0.25) is 0 Å². The number of carbonyl (C=O) groups is 1. The third-order valence-corrected chi connectivity index (χ3v) is 3.89. The van der Waals surface area contributed by atoms with Crippen molar-refractivity contribution in [3.05, 3.63) is 71.3 Å². The van der Waals surface area contributed by atoms with Gasteiger partial charge in [-0.2, -0.15) is 5.26 Å². The van der Waals surface area contributed by atoms with Gasteiger partial charge in [-0.05, 0) is 23.3 Å². The Morgan fingerprint density at radius 2 is 1.91 bits per heavy atom. The van der Waals surface area contributed by atoms with Gasteiger partial charge < -0.3 is 9.47 Å². The number of benzene rings is 2. The van der Waals surface area contributed by atoms with Gasteiger partial charge in [0, 0.05) is 0 Å². The minimum Gasteiger partial charge on any atom is -0.472 e. The zero-order chi connectivity index (χ0) is 16.3. The van der Waals surface area contributed by atoms with Crippen molar-refractivity contribution >= 4 is 12.4 Å². The number of methoxy groups -OCH3 is 1. The number of nitrogens with zero attached hydrogens (tertiary/aromatic N) is 2. The molecule has 2 aromatic carbocycles. The van der Waals surface area contributed by atoms with E-state index in [4.69, 9.17) is 14.7 Å². The summed E-state index contributed by atoms with van der Waals surface area (Å²) in [5.41, 5.74) is 0.686. The Balaban J connectivity index is 2.12. The second-order valence-electron chi connectivity index (χ2n) is 5.11. The molecule has 5 heteroatoms. The SMILES string of the molecule is COC(=O)[C@@]1(c2ccccc2)N=CO[C@@H]1c1ccc(C#N)cc1. The lowest BCUT2D eigenvalue weighted by molar-refractivity contribution is -0.150. The molecule has 23 heavy (non-hydrogen) atoms. The predicted molar refractivity (Wildman–Crippen MR) is 83.6 cm³/mol. The first kappa shape index (κ1) is 14.8. The fourth-order valence-corrected chi connectivity index (χ4v) is 2.74. The molecule has 2 aromatic rings. The maximum Gasteiger partial charge on any atom is 0.342 e. The zero-order valence-electron chi connectivity index (χ0n) is 12.5. The number of rotatable bonds is 3. The van der Waals surface area contributed by atoms with E-state index in [0.29, 0.717) is 11.1 Å². The van der Waals surface area contributed by atoms with Gasteiger partial charge >= 0.3 is 5.97 Å². The molecular weight excluding hydrogens is 292 g/mol. The first-order valence-corrected chi connectivity index (χ1v) is 7.05. The number of hydrogen-bond donors (Lipinski definition) is 0. The highest BCUT2D eigenvalue weighted by molar-refractivity contribution is 5.87. The quantitative estimate of drug-likeness (QED) is 0.817. The molecule has 0 spiro atoms. The lowest BCUT2D eigenvalue weighted by Gasteiger charge is -2.29. The van der Waals surface area contributed by atoms with Gasteiger partial charge in [-0.15, -0.1) is 0 Å². The fourth-order valence-electron chi connectivity index (χ4n) is 2.74. The Bertz CT molecular complexity index is 778. The van der Waals surface area contributed by atoms with Crippen LogP contribution < -0.4 is 0 Å². The lowest BCUT2D eigenvalue weighted by atomic mass is 9.82. The van der Waals surface area contributed by atoms with Gasteiger partial charge in [0.25, 0.3) is 0 Å². The molecule has 3 rings (SSSR count). The highest BCUT2D eigenvalue weighted by Crippen LogP contribution is 2.45. The number of ether oxygens (including phenoxy) is 2. The monoisotopic (exact) mass is 306 g/mol. The summed E-state index contributed by atoms with van der Waals surface area (Å²) in [7, 11) is 1.33. The molecule has 0 N–H and O–H groups in total. The number of esters is 1. The van der Waals surface area contributed by atoms with Gasteiger partial charge in [0.2, 0.25) is 5.54 Å². The molecular formula is C18H14N2O3. The van der Waals surface area contributed by atoms with Gasteiger partial charge in [-0.25, -0.2) is 9.79 Å². The number of aliphatic imine (C=N–C) groups is 1. The Morgan fingerprint density at radius 3 is 2.52 bits per heavy atom. The van der Waals surface area contributed by atoms with E-state index in [1.165, 1.54) is 13.5 Å². The van der Waals surface area contributed by atoms with E-state index in [9.17, 15) is 4.79 Å². The molecule has 0 bridgehead atoms. The van der Waals surface area contributed by atoms with Crippen LogP contribution in [0.5, 0.6) is 0 Å². The summed E-state index contributed by atoms with van der Waals surface area (Å²) in [5, 5.41) is 8.92. The van der Waals surface area contributed by atoms with Crippen molar-refractivity contribution in [2.75, 3.05) is 7.11 Å². The summed E-state index contributed by atoms with van der Waals surface area (Å²) in [4.78, 5) is 16.9. The summed E-state index contributed by atoms with van der Waals surface area (Å²) in [6, 6.07) is 18.1. The standard InChI is InChI=1S/C18H14N2O3/c1-22-17(21)18(15-5-3-2-4-6-15)16(23-12-20-18)14-9-7-13(11-19)8-10-14/h2-10,12,16H,1H3/t16-,18+/m1/s1. The highest BCUT2D eigenvalue weighted by Gasteiger charge is 2.53. The van der Waals surface area contributed by atoms with E-state index in [1.54, 1.807) is 24.3 Å². The van der Waals surface area contributed by atoms with Crippen molar-refractivity contribution in [1.82, 2.24) is 0 Å². The number of carbonyl (C=O) groups excluding carboxylic acids is 1. The number of hydrogen-bond acceptors (Lipinski definition) is 5. The largest absolute Gasteiger partial charge is 0.472 e. The minimum atomic E-state index is -1.29. The normalized spacial score (nSPS) is 22.2. The molecule has 0 aliphatic carbocycles. The summed E-state index contributed by atoms with van der Waals surface area (Å²) in [6.45, 7) is 0. The van der Waals surface area contributed by atoms with Gasteiger partial charge in [0.05, 0.1) is 18.7 Å². The van der Waals surface area contributed by atoms with Crippen LogP contribution in [-0.2, 0) is 19.8 Å². The average Bonchev–Trinajstić information content (AvgIpc) is 3.08. The summed E-state index contributed by atoms with van der Waals surface area (Å²) >= 11 is 0. The molecule has 0 aromatic heterocycles. The third-order valence-electron chi connectivity index (χ3n) is 3.89. The van der Waals surface area contributed by atoms with Crippen molar-refractivity contribution in [3.63, 3.8) is 0 Å². The van der Waals surface area contributed by atoms with E-state index in [1.807, 2.05) is 30.3 Å². The first-order chi connectivity index (χ1) is 11.2. The van der Waals surface area contributed by atoms with Gasteiger partial charge in [-0.1, -0.05) is 42.5 Å². The Kier molecular flexibility index (Phi) is 3.82. The molecule has 0 saturated heterocycles. The van der Waals surface area contributed by atoms with Crippen molar-refractivity contribution in [3.8, 4) is 6.07 Å². The fraction of sp³-hybridized carbons (Fsp3) is 0.167. The van der Waals surface area contributed by atoms with Crippen LogP contribution in [0.15, 0.2) is 59.6 Å². The van der Waals surface area contributed by atoms with Gasteiger partial charge in [0.15, 0.2) is 12.5 Å². The van der Waals surface area contributed by atoms with Crippen molar-refractivity contribution in [2.24, 2.45) is 4.99 Å². The maximum absolute atomic E-state index is 12.6. The zero-order valence-corrected chi connectivity index (χ0v) is 12.5. The molecule has 1 aliphatic heterocycles. The van der Waals surface area contributed by atoms with Crippen molar-refractivity contribution in [1.29, 1.82) is 5.26 Å². The van der Waals surface area contributed by atoms with E-state index in [-0.39, 0.29) is 0 Å². The molecule has 1 aliphatic rings. The molecule has 1 heterocycles. The van der Waals surface area contributed by atoms with Crippen molar-refractivity contribution < 1.29 is 14.3 Å².